The number of fused-ring (bicyclic) bond motifs is 2. The Balaban J connectivity index is 1.50. The molecule has 0 spiro atoms. The van der Waals surface area contributed by atoms with Crippen molar-refractivity contribution in [2.24, 2.45) is 0 Å². The van der Waals surface area contributed by atoms with E-state index in [4.69, 9.17) is 21.1 Å². The molecule has 5 nitrogen and oxygen atoms in total. The molecule has 25 heavy (non-hydrogen) atoms. The normalized spacial score (nSPS) is 13.5. The SMILES string of the molecule is O=C(Cn1ccc2c(Cl)cccc21)Nc1ccc2c(c1)OCCCO2. The summed E-state index contributed by atoms with van der Waals surface area (Å²) in [5.41, 5.74) is 1.62. The topological polar surface area (TPSA) is 52.5 Å². The van der Waals surface area contributed by atoms with Gasteiger partial charge in [-0.3, -0.25) is 4.79 Å². The Kier molecular flexibility index (Phi) is 4.24. The average molecular weight is 357 g/mol. The van der Waals surface area contributed by atoms with E-state index in [9.17, 15) is 4.79 Å². The highest BCUT2D eigenvalue weighted by Crippen LogP contribution is 2.32. The summed E-state index contributed by atoms with van der Waals surface area (Å²) >= 11 is 6.18. The van der Waals surface area contributed by atoms with Crippen LogP contribution in [0.5, 0.6) is 11.5 Å². The Hall–Kier alpha value is -2.66. The van der Waals surface area contributed by atoms with Crippen LogP contribution in [0.3, 0.4) is 0 Å². The number of nitrogens with zero attached hydrogens (tertiary/aromatic N) is 1. The molecule has 2 heterocycles. The van der Waals surface area contributed by atoms with Crippen molar-refractivity contribution in [2.45, 2.75) is 13.0 Å². The molecule has 4 rings (SSSR count). The summed E-state index contributed by atoms with van der Waals surface area (Å²) in [6.07, 6.45) is 2.71. The van der Waals surface area contributed by atoms with Crippen molar-refractivity contribution in [3.63, 3.8) is 0 Å². The van der Waals surface area contributed by atoms with E-state index < -0.39 is 0 Å². The van der Waals surface area contributed by atoms with Crippen LogP contribution in [0.1, 0.15) is 6.42 Å². The van der Waals surface area contributed by atoms with Gasteiger partial charge >= 0.3 is 0 Å². The van der Waals surface area contributed by atoms with Crippen LogP contribution >= 0.6 is 11.6 Å². The summed E-state index contributed by atoms with van der Waals surface area (Å²) in [6.45, 7) is 1.46. The number of carbonyl (C=O) groups excluding carboxylic acids is 1. The lowest BCUT2D eigenvalue weighted by molar-refractivity contribution is -0.116. The second-order valence-corrected chi connectivity index (χ2v) is 6.28. The van der Waals surface area contributed by atoms with Gasteiger partial charge in [0.05, 0.1) is 13.2 Å². The number of hydrogen-bond donors (Lipinski definition) is 1. The zero-order valence-corrected chi connectivity index (χ0v) is 14.3. The monoisotopic (exact) mass is 356 g/mol. The maximum absolute atomic E-state index is 12.4. The van der Waals surface area contributed by atoms with Gasteiger partial charge < -0.3 is 19.4 Å². The van der Waals surface area contributed by atoms with E-state index in [-0.39, 0.29) is 12.5 Å². The lowest BCUT2D eigenvalue weighted by atomic mass is 10.2. The van der Waals surface area contributed by atoms with Crippen molar-refractivity contribution in [3.05, 3.63) is 53.7 Å². The molecular weight excluding hydrogens is 340 g/mol. The number of ether oxygens (including phenoxy) is 2. The number of hydrogen-bond acceptors (Lipinski definition) is 3. The molecule has 1 aliphatic rings. The molecule has 1 amide bonds. The largest absolute Gasteiger partial charge is 0.490 e. The molecule has 0 unspecified atom stereocenters. The van der Waals surface area contributed by atoms with E-state index in [1.807, 2.05) is 47.2 Å². The van der Waals surface area contributed by atoms with Gasteiger partial charge in [0.25, 0.3) is 0 Å². The minimum Gasteiger partial charge on any atom is -0.490 e. The molecule has 6 heteroatoms. The van der Waals surface area contributed by atoms with Crippen LogP contribution in [0.2, 0.25) is 5.02 Å². The molecule has 1 aromatic heterocycles. The van der Waals surface area contributed by atoms with Crippen molar-refractivity contribution in [3.8, 4) is 11.5 Å². The zero-order valence-electron chi connectivity index (χ0n) is 13.5. The van der Waals surface area contributed by atoms with Crippen molar-refractivity contribution >= 4 is 34.1 Å². The van der Waals surface area contributed by atoms with Crippen LogP contribution in [-0.2, 0) is 11.3 Å². The highest BCUT2D eigenvalue weighted by Gasteiger charge is 2.13. The van der Waals surface area contributed by atoms with Gasteiger partial charge in [-0.15, -0.1) is 0 Å². The average Bonchev–Trinajstić information content (AvgIpc) is 2.86. The number of amides is 1. The van der Waals surface area contributed by atoms with Gasteiger partial charge in [0.15, 0.2) is 11.5 Å². The third-order valence-corrected chi connectivity index (χ3v) is 4.44. The number of carbonyl (C=O) groups is 1. The Bertz CT molecular complexity index is 936. The Morgan fingerprint density at radius 3 is 2.84 bits per heavy atom. The second kappa shape index (κ2) is 6.69. The van der Waals surface area contributed by atoms with Gasteiger partial charge in [-0.25, -0.2) is 0 Å². The van der Waals surface area contributed by atoms with Crippen LogP contribution in [0.4, 0.5) is 5.69 Å². The molecule has 0 fully saturated rings. The first kappa shape index (κ1) is 15.8. The number of halogens is 1. The molecule has 1 N–H and O–H groups in total. The summed E-state index contributed by atoms with van der Waals surface area (Å²) in [5.74, 6) is 1.25. The van der Waals surface area contributed by atoms with Crippen LogP contribution < -0.4 is 14.8 Å². The number of aromatic nitrogens is 1. The fraction of sp³-hybridized carbons (Fsp3) is 0.211. The number of rotatable bonds is 3. The predicted octanol–water partition coefficient (Wildman–Crippen LogP) is 4.09. The Morgan fingerprint density at radius 2 is 1.96 bits per heavy atom. The summed E-state index contributed by atoms with van der Waals surface area (Å²) in [6, 6.07) is 13.0. The minimum atomic E-state index is -0.119. The lowest BCUT2D eigenvalue weighted by Crippen LogP contribution is -2.18. The van der Waals surface area contributed by atoms with Crippen LogP contribution in [-0.4, -0.2) is 23.7 Å². The predicted molar refractivity (Wildman–Crippen MR) is 97.6 cm³/mol. The second-order valence-electron chi connectivity index (χ2n) is 5.88. The van der Waals surface area contributed by atoms with Crippen molar-refractivity contribution in [2.75, 3.05) is 18.5 Å². The van der Waals surface area contributed by atoms with Gasteiger partial charge in [0.2, 0.25) is 5.91 Å². The first-order valence-corrected chi connectivity index (χ1v) is 8.51. The molecule has 1 aliphatic heterocycles. The smallest absolute Gasteiger partial charge is 0.244 e. The zero-order chi connectivity index (χ0) is 17.2. The fourth-order valence-corrected chi connectivity index (χ4v) is 3.15. The first-order chi connectivity index (χ1) is 12.2. The summed E-state index contributed by atoms with van der Waals surface area (Å²) in [4.78, 5) is 12.4. The van der Waals surface area contributed by atoms with Gasteiger partial charge in [-0.1, -0.05) is 17.7 Å². The number of benzene rings is 2. The summed E-state index contributed by atoms with van der Waals surface area (Å²) in [7, 11) is 0. The van der Waals surface area contributed by atoms with Gasteiger partial charge in [0, 0.05) is 40.3 Å². The summed E-state index contributed by atoms with van der Waals surface area (Å²) in [5, 5.41) is 4.52. The fourth-order valence-electron chi connectivity index (χ4n) is 2.92. The third-order valence-electron chi connectivity index (χ3n) is 4.11. The molecule has 0 atom stereocenters. The van der Waals surface area contributed by atoms with Crippen LogP contribution in [0, 0.1) is 0 Å². The van der Waals surface area contributed by atoms with Crippen LogP contribution in [0.25, 0.3) is 10.9 Å². The molecule has 0 bridgehead atoms. The molecule has 128 valence electrons. The standard InChI is InChI=1S/C19H17ClN2O3/c20-15-3-1-4-16-14(15)7-8-22(16)12-19(23)21-13-5-6-17-18(11-13)25-10-2-9-24-17/h1,3-8,11H,2,9-10,12H2,(H,21,23). The first-order valence-electron chi connectivity index (χ1n) is 8.13. The molecule has 0 saturated carbocycles. The molecule has 0 radical (unpaired) electrons. The molecular formula is C19H17ClN2O3. The minimum absolute atomic E-state index is 0.119. The number of nitrogens with one attached hydrogen (secondary N) is 1. The molecule has 2 aromatic carbocycles. The van der Waals surface area contributed by atoms with E-state index in [2.05, 4.69) is 5.32 Å². The summed E-state index contributed by atoms with van der Waals surface area (Å²) < 4.78 is 13.1. The van der Waals surface area contributed by atoms with Gasteiger partial charge in [-0.2, -0.15) is 0 Å². The van der Waals surface area contributed by atoms with E-state index >= 15 is 0 Å². The van der Waals surface area contributed by atoms with E-state index in [1.54, 1.807) is 6.07 Å². The van der Waals surface area contributed by atoms with Crippen molar-refractivity contribution < 1.29 is 14.3 Å². The van der Waals surface area contributed by atoms with E-state index in [1.165, 1.54) is 0 Å². The third kappa shape index (κ3) is 3.28. The maximum Gasteiger partial charge on any atom is 0.244 e. The quantitative estimate of drug-likeness (QED) is 0.768. The Labute approximate surface area is 150 Å². The Morgan fingerprint density at radius 1 is 1.12 bits per heavy atom. The maximum atomic E-state index is 12.4. The van der Waals surface area contributed by atoms with Crippen molar-refractivity contribution in [1.82, 2.24) is 4.57 Å². The molecule has 3 aromatic rings. The van der Waals surface area contributed by atoms with Gasteiger partial charge in [-0.05, 0) is 30.3 Å². The van der Waals surface area contributed by atoms with E-state index in [0.29, 0.717) is 35.4 Å². The van der Waals surface area contributed by atoms with E-state index in [0.717, 1.165) is 17.3 Å². The number of anilines is 1. The van der Waals surface area contributed by atoms with Crippen LogP contribution in [0.15, 0.2) is 48.7 Å². The molecule has 0 saturated heterocycles. The highest BCUT2D eigenvalue weighted by molar-refractivity contribution is 6.35. The highest BCUT2D eigenvalue weighted by atomic mass is 35.5. The van der Waals surface area contributed by atoms with Crippen molar-refractivity contribution in [1.29, 1.82) is 0 Å². The van der Waals surface area contributed by atoms with Gasteiger partial charge in [0.1, 0.15) is 6.54 Å². The lowest BCUT2D eigenvalue weighted by Gasteiger charge is -2.11. The molecule has 0 aliphatic carbocycles.